The summed E-state index contributed by atoms with van der Waals surface area (Å²) in [6, 6.07) is 6.38. The molecule has 0 saturated carbocycles. The zero-order valence-corrected chi connectivity index (χ0v) is 11.5. The van der Waals surface area contributed by atoms with E-state index in [1.165, 1.54) is 18.4 Å². The number of halogens is 1. The molecule has 0 unspecified atom stereocenters. The fraction of sp³-hybridized carbons (Fsp3) is 0.312. The normalized spacial score (nSPS) is 17.9. The highest BCUT2D eigenvalue weighted by Gasteiger charge is 2.30. The average molecular weight is 273 g/mol. The van der Waals surface area contributed by atoms with Gasteiger partial charge in [-0.05, 0) is 56.5 Å². The summed E-state index contributed by atoms with van der Waals surface area (Å²) in [5, 5.41) is 0. The number of carbonyl (C=O) groups is 1. The highest BCUT2D eigenvalue weighted by molar-refractivity contribution is 6.07. The number of hydrogen-bond donors (Lipinski definition) is 0. The number of amides is 1. The number of hydrogen-bond acceptors (Lipinski definition) is 2. The van der Waals surface area contributed by atoms with Gasteiger partial charge in [0.15, 0.2) is 0 Å². The number of fused-ring (bicyclic) bond motifs is 1. The second kappa shape index (κ2) is 4.78. The van der Waals surface area contributed by atoms with Crippen molar-refractivity contribution < 1.29 is 13.6 Å². The molecule has 1 atom stereocenters. The summed E-state index contributed by atoms with van der Waals surface area (Å²) in [4.78, 5) is 14.5. The van der Waals surface area contributed by atoms with E-state index in [2.05, 4.69) is 0 Å². The van der Waals surface area contributed by atoms with Crippen molar-refractivity contribution in [1.82, 2.24) is 0 Å². The van der Waals surface area contributed by atoms with E-state index in [1.807, 2.05) is 6.92 Å². The van der Waals surface area contributed by atoms with Gasteiger partial charge in [-0.15, -0.1) is 0 Å². The van der Waals surface area contributed by atoms with E-state index in [1.54, 1.807) is 24.0 Å². The first-order valence-electron chi connectivity index (χ1n) is 6.74. The molecule has 0 fully saturated rings. The summed E-state index contributed by atoms with van der Waals surface area (Å²) in [7, 11) is 0. The Balaban J connectivity index is 2.05. The molecular formula is C16H16FNO2. The summed E-state index contributed by atoms with van der Waals surface area (Å²) in [6.45, 7) is 3.78. The lowest BCUT2D eigenvalue weighted by molar-refractivity contribution is 0.0973. The first-order valence-corrected chi connectivity index (χ1v) is 6.74. The number of furan rings is 1. The second-order valence-electron chi connectivity index (χ2n) is 5.23. The molecule has 0 N–H and O–H groups in total. The van der Waals surface area contributed by atoms with E-state index in [9.17, 15) is 9.18 Å². The fourth-order valence-electron chi connectivity index (χ4n) is 2.77. The molecule has 104 valence electrons. The molecule has 20 heavy (non-hydrogen) atoms. The number of carbonyl (C=O) groups excluding carboxylic acids is 1. The Morgan fingerprint density at radius 1 is 1.40 bits per heavy atom. The van der Waals surface area contributed by atoms with Crippen LogP contribution in [-0.2, 0) is 6.42 Å². The van der Waals surface area contributed by atoms with Gasteiger partial charge in [-0.1, -0.05) is 0 Å². The van der Waals surface area contributed by atoms with Gasteiger partial charge in [-0.2, -0.15) is 0 Å². The van der Waals surface area contributed by atoms with E-state index in [4.69, 9.17) is 4.42 Å². The van der Waals surface area contributed by atoms with Crippen molar-refractivity contribution in [3.63, 3.8) is 0 Å². The first-order chi connectivity index (χ1) is 9.58. The van der Waals surface area contributed by atoms with E-state index in [0.717, 1.165) is 24.1 Å². The van der Waals surface area contributed by atoms with Gasteiger partial charge in [0.25, 0.3) is 5.91 Å². The van der Waals surface area contributed by atoms with Gasteiger partial charge < -0.3 is 9.32 Å². The molecule has 1 aliphatic rings. The largest absolute Gasteiger partial charge is 0.469 e. The molecular weight excluding hydrogens is 257 g/mol. The van der Waals surface area contributed by atoms with E-state index in [0.29, 0.717) is 11.3 Å². The third kappa shape index (κ3) is 2.01. The number of benzene rings is 1. The summed E-state index contributed by atoms with van der Waals surface area (Å²) in [5.41, 5.74) is 2.25. The number of nitrogens with zero attached hydrogens (tertiary/aromatic N) is 1. The van der Waals surface area contributed by atoms with Crippen LogP contribution in [0.15, 0.2) is 34.9 Å². The maximum Gasteiger partial charge on any atom is 0.262 e. The predicted molar refractivity (Wildman–Crippen MR) is 74.4 cm³/mol. The summed E-state index contributed by atoms with van der Waals surface area (Å²) >= 11 is 0. The molecule has 0 saturated heterocycles. The molecule has 1 aromatic carbocycles. The summed E-state index contributed by atoms with van der Waals surface area (Å²) < 4.78 is 18.6. The molecule has 0 radical (unpaired) electrons. The maximum atomic E-state index is 13.3. The summed E-state index contributed by atoms with van der Waals surface area (Å²) in [6.07, 6.45) is 3.14. The van der Waals surface area contributed by atoms with Crippen LogP contribution in [0.3, 0.4) is 0 Å². The Hall–Kier alpha value is -2.10. The van der Waals surface area contributed by atoms with Crippen LogP contribution in [-0.4, -0.2) is 11.9 Å². The van der Waals surface area contributed by atoms with Gasteiger partial charge in [0.05, 0.1) is 11.8 Å². The minimum atomic E-state index is -0.259. The van der Waals surface area contributed by atoms with Crippen LogP contribution in [0.5, 0.6) is 0 Å². The first kappa shape index (κ1) is 12.9. The Labute approximate surface area is 117 Å². The number of aryl methyl sites for hydroxylation is 2. The highest BCUT2D eigenvalue weighted by Crippen LogP contribution is 2.33. The minimum Gasteiger partial charge on any atom is -0.469 e. The van der Waals surface area contributed by atoms with Crippen molar-refractivity contribution in [3.05, 3.63) is 53.2 Å². The SMILES string of the molecule is Cc1occc1C(=O)N1c2ccc(F)cc2CC[C@@H]1C. The van der Waals surface area contributed by atoms with E-state index >= 15 is 0 Å². The van der Waals surface area contributed by atoms with Crippen molar-refractivity contribution in [2.75, 3.05) is 4.90 Å². The topological polar surface area (TPSA) is 33.5 Å². The summed E-state index contributed by atoms with van der Waals surface area (Å²) in [5.74, 6) is 0.262. The molecule has 0 spiro atoms. The monoisotopic (exact) mass is 273 g/mol. The van der Waals surface area contributed by atoms with Crippen LogP contribution in [0.2, 0.25) is 0 Å². The molecule has 0 aliphatic carbocycles. The van der Waals surface area contributed by atoms with Crippen molar-refractivity contribution in [2.45, 2.75) is 32.7 Å². The van der Waals surface area contributed by atoms with Crippen molar-refractivity contribution in [3.8, 4) is 0 Å². The molecule has 3 rings (SSSR count). The lowest BCUT2D eigenvalue weighted by Crippen LogP contribution is -2.42. The number of rotatable bonds is 1. The third-order valence-corrected chi connectivity index (χ3v) is 3.88. The molecule has 0 bridgehead atoms. The van der Waals surface area contributed by atoms with Crippen molar-refractivity contribution in [1.29, 1.82) is 0 Å². The van der Waals surface area contributed by atoms with Crippen LogP contribution >= 0.6 is 0 Å². The van der Waals surface area contributed by atoms with Crippen LogP contribution in [0.4, 0.5) is 10.1 Å². The quantitative estimate of drug-likeness (QED) is 0.793. The molecule has 2 heterocycles. The number of anilines is 1. The molecule has 2 aromatic rings. The van der Waals surface area contributed by atoms with Gasteiger partial charge in [-0.25, -0.2) is 4.39 Å². The van der Waals surface area contributed by atoms with Crippen molar-refractivity contribution >= 4 is 11.6 Å². The smallest absolute Gasteiger partial charge is 0.262 e. The van der Waals surface area contributed by atoms with Gasteiger partial charge in [0, 0.05) is 11.7 Å². The molecule has 4 heteroatoms. The van der Waals surface area contributed by atoms with Crippen LogP contribution in [0.25, 0.3) is 0 Å². The maximum absolute atomic E-state index is 13.3. The Morgan fingerprint density at radius 3 is 2.90 bits per heavy atom. The van der Waals surface area contributed by atoms with Gasteiger partial charge in [-0.3, -0.25) is 4.79 Å². The third-order valence-electron chi connectivity index (χ3n) is 3.88. The molecule has 1 aliphatic heterocycles. The standard InChI is InChI=1S/C16H16FNO2/c1-10-3-4-12-9-13(17)5-6-15(12)18(10)16(19)14-7-8-20-11(14)2/h5-10H,3-4H2,1-2H3/t10-/m0/s1. The molecule has 1 amide bonds. The van der Waals surface area contributed by atoms with Gasteiger partial charge >= 0.3 is 0 Å². The Kier molecular flexibility index (Phi) is 3.08. The minimum absolute atomic E-state index is 0.0868. The van der Waals surface area contributed by atoms with Crippen LogP contribution in [0.1, 0.15) is 35.0 Å². The molecule has 1 aromatic heterocycles. The zero-order valence-electron chi connectivity index (χ0n) is 11.5. The fourth-order valence-corrected chi connectivity index (χ4v) is 2.77. The van der Waals surface area contributed by atoms with Gasteiger partial charge in [0.2, 0.25) is 0 Å². The second-order valence-corrected chi connectivity index (χ2v) is 5.23. The van der Waals surface area contributed by atoms with Gasteiger partial charge in [0.1, 0.15) is 11.6 Å². The van der Waals surface area contributed by atoms with Crippen LogP contribution in [0, 0.1) is 12.7 Å². The zero-order chi connectivity index (χ0) is 14.3. The molecule has 3 nitrogen and oxygen atoms in total. The highest BCUT2D eigenvalue weighted by atomic mass is 19.1. The Morgan fingerprint density at radius 2 is 2.20 bits per heavy atom. The van der Waals surface area contributed by atoms with Crippen molar-refractivity contribution in [2.24, 2.45) is 0 Å². The lowest BCUT2D eigenvalue weighted by Gasteiger charge is -2.35. The van der Waals surface area contributed by atoms with Crippen LogP contribution < -0.4 is 4.90 Å². The Bertz CT molecular complexity index is 662. The predicted octanol–water partition coefficient (Wildman–Crippen LogP) is 3.71. The lowest BCUT2D eigenvalue weighted by atomic mass is 9.95. The average Bonchev–Trinajstić information content (AvgIpc) is 2.84. The van der Waals surface area contributed by atoms with E-state index in [-0.39, 0.29) is 17.8 Å². The van der Waals surface area contributed by atoms with E-state index < -0.39 is 0 Å².